The van der Waals surface area contributed by atoms with Gasteiger partial charge < -0.3 is 9.73 Å². The monoisotopic (exact) mass is 279 g/mol. The van der Waals surface area contributed by atoms with Crippen LogP contribution in [0.4, 0.5) is 0 Å². The van der Waals surface area contributed by atoms with E-state index in [-0.39, 0.29) is 0 Å². The van der Waals surface area contributed by atoms with Crippen LogP contribution in [0.2, 0.25) is 0 Å². The first-order valence-electron chi connectivity index (χ1n) is 6.78. The zero-order valence-corrected chi connectivity index (χ0v) is 12.4. The third-order valence-electron chi connectivity index (χ3n) is 2.74. The van der Waals surface area contributed by atoms with Crippen molar-refractivity contribution in [1.82, 2.24) is 15.5 Å². The van der Waals surface area contributed by atoms with E-state index >= 15 is 0 Å². The van der Waals surface area contributed by atoms with E-state index in [0.29, 0.717) is 5.92 Å². The largest absolute Gasteiger partial charge is 0.469 e. The minimum atomic E-state index is 0.693. The van der Waals surface area contributed by atoms with Gasteiger partial charge in [-0.05, 0) is 24.6 Å². The van der Waals surface area contributed by atoms with Crippen molar-refractivity contribution in [1.29, 1.82) is 0 Å². The lowest BCUT2D eigenvalue weighted by atomic mass is 10.2. The van der Waals surface area contributed by atoms with Gasteiger partial charge in [0.1, 0.15) is 15.8 Å². The number of nitrogens with one attached hydrogen (secondary N) is 1. The van der Waals surface area contributed by atoms with Crippen LogP contribution in [0.3, 0.4) is 0 Å². The molecule has 0 atom stereocenters. The van der Waals surface area contributed by atoms with E-state index in [1.54, 1.807) is 17.6 Å². The quantitative estimate of drug-likeness (QED) is 0.755. The topological polar surface area (TPSA) is 51.0 Å². The van der Waals surface area contributed by atoms with Gasteiger partial charge in [-0.1, -0.05) is 13.8 Å². The van der Waals surface area contributed by atoms with E-state index in [9.17, 15) is 0 Å². The van der Waals surface area contributed by atoms with E-state index in [0.717, 1.165) is 48.1 Å². The molecule has 2 rings (SSSR count). The predicted molar refractivity (Wildman–Crippen MR) is 77.4 cm³/mol. The van der Waals surface area contributed by atoms with Gasteiger partial charge in [-0.3, -0.25) is 0 Å². The summed E-state index contributed by atoms with van der Waals surface area (Å²) in [6.07, 6.45) is 4.48. The van der Waals surface area contributed by atoms with Gasteiger partial charge in [0.05, 0.1) is 6.26 Å². The Morgan fingerprint density at radius 1 is 1.21 bits per heavy atom. The Morgan fingerprint density at radius 3 is 2.68 bits per heavy atom. The van der Waals surface area contributed by atoms with Gasteiger partial charge in [-0.2, -0.15) is 0 Å². The number of nitrogens with zero attached hydrogens (tertiary/aromatic N) is 2. The van der Waals surface area contributed by atoms with Crippen molar-refractivity contribution in [2.45, 2.75) is 33.1 Å². The van der Waals surface area contributed by atoms with Gasteiger partial charge in [-0.25, -0.2) is 0 Å². The molecule has 0 aromatic carbocycles. The van der Waals surface area contributed by atoms with Crippen molar-refractivity contribution in [3.8, 4) is 0 Å². The molecule has 2 aromatic heterocycles. The summed E-state index contributed by atoms with van der Waals surface area (Å²) in [5.74, 6) is 1.70. The Hall–Kier alpha value is -1.20. The number of hydrogen-bond acceptors (Lipinski definition) is 5. The Morgan fingerprint density at radius 2 is 2.00 bits per heavy atom. The zero-order valence-electron chi connectivity index (χ0n) is 11.6. The van der Waals surface area contributed by atoms with Crippen molar-refractivity contribution in [2.75, 3.05) is 13.1 Å². The molecule has 0 bridgehead atoms. The number of aromatic nitrogens is 2. The van der Waals surface area contributed by atoms with E-state index in [1.807, 2.05) is 12.1 Å². The van der Waals surface area contributed by atoms with Gasteiger partial charge in [0.2, 0.25) is 0 Å². The molecule has 1 N–H and O–H groups in total. The summed E-state index contributed by atoms with van der Waals surface area (Å²) >= 11 is 1.71. The molecule has 2 heterocycles. The van der Waals surface area contributed by atoms with Crippen LogP contribution in [0.15, 0.2) is 22.8 Å². The van der Waals surface area contributed by atoms with Crippen LogP contribution < -0.4 is 5.32 Å². The highest BCUT2D eigenvalue weighted by Gasteiger charge is 2.05. The predicted octanol–water partition coefficient (Wildman–Crippen LogP) is 2.70. The summed E-state index contributed by atoms with van der Waals surface area (Å²) in [6, 6.07) is 3.92. The number of furan rings is 1. The zero-order chi connectivity index (χ0) is 13.5. The molecular weight excluding hydrogens is 258 g/mol. The highest BCUT2D eigenvalue weighted by Crippen LogP contribution is 2.13. The first-order chi connectivity index (χ1) is 9.24. The molecule has 0 saturated carbocycles. The summed E-state index contributed by atoms with van der Waals surface area (Å²) in [4.78, 5) is 0. The molecule has 0 amide bonds. The van der Waals surface area contributed by atoms with Crippen LogP contribution in [0.5, 0.6) is 0 Å². The van der Waals surface area contributed by atoms with Crippen molar-refractivity contribution in [3.63, 3.8) is 0 Å². The van der Waals surface area contributed by atoms with E-state index < -0.39 is 0 Å². The summed E-state index contributed by atoms with van der Waals surface area (Å²) in [7, 11) is 0. The first kappa shape index (κ1) is 14.2. The molecule has 0 fully saturated rings. The number of aryl methyl sites for hydroxylation is 2. The normalized spacial score (nSPS) is 11.3. The summed E-state index contributed by atoms with van der Waals surface area (Å²) in [5.41, 5.74) is 0. The summed E-state index contributed by atoms with van der Waals surface area (Å²) in [6.45, 7) is 6.46. The van der Waals surface area contributed by atoms with E-state index in [1.165, 1.54) is 0 Å². The standard InChI is InChI=1S/C14H21N3OS/c1-11(2)10-15-8-7-14-17-16-13(19-14)6-5-12-4-3-9-18-12/h3-4,9,11,15H,5-8,10H2,1-2H3. The fraction of sp³-hybridized carbons (Fsp3) is 0.571. The minimum Gasteiger partial charge on any atom is -0.469 e. The lowest BCUT2D eigenvalue weighted by Crippen LogP contribution is -2.22. The second-order valence-corrected chi connectivity index (χ2v) is 6.16. The van der Waals surface area contributed by atoms with Crippen LogP contribution >= 0.6 is 11.3 Å². The molecule has 0 saturated heterocycles. The van der Waals surface area contributed by atoms with Gasteiger partial charge in [0.15, 0.2) is 0 Å². The summed E-state index contributed by atoms with van der Waals surface area (Å²) in [5, 5.41) is 14.1. The second kappa shape index (κ2) is 7.40. The second-order valence-electron chi connectivity index (χ2n) is 5.02. The van der Waals surface area contributed by atoms with Crippen LogP contribution in [-0.4, -0.2) is 23.3 Å². The average Bonchev–Trinajstić information content (AvgIpc) is 3.03. The molecule has 0 aliphatic rings. The van der Waals surface area contributed by atoms with Crippen LogP contribution in [0.1, 0.15) is 29.6 Å². The summed E-state index contributed by atoms with van der Waals surface area (Å²) < 4.78 is 5.31. The number of hydrogen-bond donors (Lipinski definition) is 1. The van der Waals surface area contributed by atoms with Crippen molar-refractivity contribution >= 4 is 11.3 Å². The van der Waals surface area contributed by atoms with Gasteiger partial charge >= 0.3 is 0 Å². The molecule has 0 aliphatic heterocycles. The van der Waals surface area contributed by atoms with Crippen LogP contribution in [0, 0.1) is 5.92 Å². The lowest BCUT2D eigenvalue weighted by molar-refractivity contribution is 0.508. The third kappa shape index (κ3) is 5.12. The highest BCUT2D eigenvalue weighted by molar-refractivity contribution is 7.11. The van der Waals surface area contributed by atoms with Crippen molar-refractivity contribution in [2.24, 2.45) is 5.92 Å². The average molecular weight is 279 g/mol. The maximum Gasteiger partial charge on any atom is 0.118 e. The Labute approximate surface area is 118 Å². The molecule has 5 heteroatoms. The molecule has 0 radical (unpaired) electrons. The van der Waals surface area contributed by atoms with E-state index in [2.05, 4.69) is 29.4 Å². The van der Waals surface area contributed by atoms with Gasteiger partial charge in [0.25, 0.3) is 0 Å². The molecule has 2 aromatic rings. The molecule has 19 heavy (non-hydrogen) atoms. The lowest BCUT2D eigenvalue weighted by Gasteiger charge is -2.05. The maximum absolute atomic E-state index is 5.31. The molecule has 104 valence electrons. The molecule has 0 aliphatic carbocycles. The number of rotatable bonds is 8. The van der Waals surface area contributed by atoms with E-state index in [4.69, 9.17) is 4.42 Å². The minimum absolute atomic E-state index is 0.693. The Balaban J connectivity index is 1.69. The Kier molecular flexibility index (Phi) is 5.54. The fourth-order valence-electron chi connectivity index (χ4n) is 1.76. The highest BCUT2D eigenvalue weighted by atomic mass is 32.1. The molecular formula is C14H21N3OS. The van der Waals surface area contributed by atoms with Crippen LogP contribution in [-0.2, 0) is 19.3 Å². The SMILES string of the molecule is CC(C)CNCCc1nnc(CCc2ccco2)s1. The smallest absolute Gasteiger partial charge is 0.118 e. The molecule has 4 nitrogen and oxygen atoms in total. The first-order valence-corrected chi connectivity index (χ1v) is 7.60. The maximum atomic E-state index is 5.31. The van der Waals surface area contributed by atoms with Gasteiger partial charge in [0, 0.05) is 25.8 Å². The fourth-order valence-corrected chi connectivity index (χ4v) is 2.60. The molecule has 0 spiro atoms. The van der Waals surface area contributed by atoms with Crippen LogP contribution in [0.25, 0.3) is 0 Å². The van der Waals surface area contributed by atoms with Crippen molar-refractivity contribution < 1.29 is 4.42 Å². The molecule has 0 unspecified atom stereocenters. The van der Waals surface area contributed by atoms with Crippen molar-refractivity contribution in [3.05, 3.63) is 34.2 Å². The Bertz CT molecular complexity index is 465. The van der Waals surface area contributed by atoms with Gasteiger partial charge in [-0.15, -0.1) is 21.5 Å². The third-order valence-corrected chi connectivity index (χ3v) is 3.79.